The van der Waals surface area contributed by atoms with Crippen molar-refractivity contribution in [2.24, 2.45) is 5.92 Å². The lowest BCUT2D eigenvalue weighted by Crippen LogP contribution is -2.43. The number of halogens is 1. The summed E-state index contributed by atoms with van der Waals surface area (Å²) in [4.78, 5) is 12.5. The number of alkyl halides is 1. The molecular formula is C9H16FNO. The van der Waals surface area contributed by atoms with Gasteiger partial charge in [-0.05, 0) is 12.3 Å². The van der Waals surface area contributed by atoms with Crippen LogP contribution in [0.15, 0.2) is 0 Å². The summed E-state index contributed by atoms with van der Waals surface area (Å²) in [5, 5.41) is 0. The van der Waals surface area contributed by atoms with Crippen LogP contribution in [0.1, 0.15) is 26.7 Å². The number of hydrogen-bond donors (Lipinski definition) is 0. The highest BCUT2D eigenvalue weighted by Gasteiger charge is 2.28. The van der Waals surface area contributed by atoms with Crippen molar-refractivity contribution < 1.29 is 9.18 Å². The molecule has 1 rings (SSSR count). The monoisotopic (exact) mass is 173 g/mol. The molecule has 12 heavy (non-hydrogen) atoms. The molecule has 0 N–H and O–H groups in total. The van der Waals surface area contributed by atoms with E-state index in [1.165, 1.54) is 6.92 Å². The topological polar surface area (TPSA) is 20.3 Å². The maximum absolute atomic E-state index is 13.3. The average Bonchev–Trinajstić information content (AvgIpc) is 2.04. The number of piperidine rings is 1. The molecule has 2 unspecified atom stereocenters. The van der Waals surface area contributed by atoms with Crippen LogP contribution in [0, 0.1) is 5.92 Å². The van der Waals surface area contributed by atoms with E-state index in [9.17, 15) is 9.18 Å². The fourth-order valence-corrected chi connectivity index (χ4v) is 1.70. The van der Waals surface area contributed by atoms with Crippen molar-refractivity contribution in [2.45, 2.75) is 32.9 Å². The smallest absolute Gasteiger partial charge is 0.219 e. The highest BCUT2D eigenvalue weighted by molar-refractivity contribution is 5.73. The molecule has 2 atom stereocenters. The molecule has 1 aliphatic rings. The molecular weight excluding hydrogens is 157 g/mol. The fraction of sp³-hybridized carbons (Fsp3) is 0.889. The summed E-state index contributed by atoms with van der Waals surface area (Å²) in [6.45, 7) is 4.53. The molecule has 0 saturated carbocycles. The van der Waals surface area contributed by atoms with Crippen molar-refractivity contribution in [3.8, 4) is 0 Å². The zero-order chi connectivity index (χ0) is 9.14. The first-order valence-electron chi connectivity index (χ1n) is 4.54. The van der Waals surface area contributed by atoms with Crippen molar-refractivity contribution in [2.75, 3.05) is 13.1 Å². The minimum Gasteiger partial charge on any atom is -0.340 e. The van der Waals surface area contributed by atoms with Crippen LogP contribution in [0.25, 0.3) is 0 Å². The predicted molar refractivity (Wildman–Crippen MR) is 45.5 cm³/mol. The summed E-state index contributed by atoms with van der Waals surface area (Å²) in [6, 6.07) is 0. The Hall–Kier alpha value is -0.600. The minimum absolute atomic E-state index is 0.00722. The average molecular weight is 173 g/mol. The number of rotatable bonds is 1. The summed E-state index contributed by atoms with van der Waals surface area (Å²) >= 11 is 0. The van der Waals surface area contributed by atoms with Gasteiger partial charge in [0.2, 0.25) is 5.91 Å². The van der Waals surface area contributed by atoms with Gasteiger partial charge in [-0.2, -0.15) is 0 Å². The highest BCUT2D eigenvalue weighted by atomic mass is 19.1. The van der Waals surface area contributed by atoms with Crippen molar-refractivity contribution in [1.82, 2.24) is 4.90 Å². The predicted octanol–water partition coefficient (Wildman–Crippen LogP) is 1.60. The third kappa shape index (κ3) is 1.96. The van der Waals surface area contributed by atoms with Gasteiger partial charge in [0, 0.05) is 13.5 Å². The largest absolute Gasteiger partial charge is 0.340 e. The number of carbonyl (C=O) groups excluding carboxylic acids is 1. The van der Waals surface area contributed by atoms with Gasteiger partial charge in [-0.3, -0.25) is 4.79 Å². The summed E-state index contributed by atoms with van der Waals surface area (Å²) in [6.07, 6.45) is 0.886. The van der Waals surface area contributed by atoms with Crippen LogP contribution in [0.4, 0.5) is 4.39 Å². The van der Waals surface area contributed by atoms with Crippen molar-refractivity contribution >= 4 is 5.91 Å². The normalized spacial score (nSPS) is 30.4. The van der Waals surface area contributed by atoms with Gasteiger partial charge in [-0.1, -0.05) is 13.3 Å². The first kappa shape index (κ1) is 9.49. The molecule has 0 bridgehead atoms. The number of amides is 1. The van der Waals surface area contributed by atoms with Crippen LogP contribution in [0.3, 0.4) is 0 Å². The summed E-state index contributed by atoms with van der Waals surface area (Å²) < 4.78 is 13.3. The zero-order valence-electron chi connectivity index (χ0n) is 7.72. The number of nitrogens with zero attached hydrogens (tertiary/aromatic N) is 1. The van der Waals surface area contributed by atoms with Gasteiger partial charge in [0.05, 0.1) is 6.54 Å². The molecule has 3 heteroatoms. The van der Waals surface area contributed by atoms with E-state index in [-0.39, 0.29) is 11.8 Å². The van der Waals surface area contributed by atoms with Crippen LogP contribution >= 0.6 is 0 Å². The number of hydrogen-bond acceptors (Lipinski definition) is 1. The lowest BCUT2D eigenvalue weighted by molar-refractivity contribution is -0.131. The summed E-state index contributed by atoms with van der Waals surface area (Å²) in [5.74, 6) is 0.160. The molecule has 0 aromatic carbocycles. The Morgan fingerprint density at radius 2 is 2.33 bits per heavy atom. The van der Waals surface area contributed by atoms with E-state index >= 15 is 0 Å². The van der Waals surface area contributed by atoms with Crippen LogP contribution < -0.4 is 0 Å². The van der Waals surface area contributed by atoms with Crippen LogP contribution in [0.2, 0.25) is 0 Å². The van der Waals surface area contributed by atoms with Crippen molar-refractivity contribution in [1.29, 1.82) is 0 Å². The van der Waals surface area contributed by atoms with E-state index in [2.05, 4.69) is 0 Å². The molecule has 1 saturated heterocycles. The molecule has 1 amide bonds. The molecule has 2 nitrogen and oxygen atoms in total. The second-order valence-corrected chi connectivity index (χ2v) is 3.44. The van der Waals surface area contributed by atoms with Crippen molar-refractivity contribution in [3.05, 3.63) is 0 Å². The summed E-state index contributed by atoms with van der Waals surface area (Å²) in [5.41, 5.74) is 0. The Bertz CT molecular complexity index is 172. The van der Waals surface area contributed by atoms with Gasteiger partial charge in [-0.25, -0.2) is 4.39 Å². The SMILES string of the molecule is CCC1CCN(C(C)=O)CC1F. The Balaban J connectivity index is 2.46. The van der Waals surface area contributed by atoms with Crippen molar-refractivity contribution in [3.63, 3.8) is 0 Å². The molecule has 0 aromatic heterocycles. The first-order chi connectivity index (χ1) is 5.65. The summed E-state index contributed by atoms with van der Waals surface area (Å²) in [7, 11) is 0. The van der Waals surface area contributed by atoms with Gasteiger partial charge in [0.1, 0.15) is 6.17 Å². The molecule has 0 spiro atoms. The van der Waals surface area contributed by atoms with Gasteiger partial charge < -0.3 is 4.90 Å². The second-order valence-electron chi connectivity index (χ2n) is 3.44. The van der Waals surface area contributed by atoms with Gasteiger partial charge >= 0.3 is 0 Å². The van der Waals surface area contributed by atoms with E-state index < -0.39 is 6.17 Å². The third-order valence-electron chi connectivity index (χ3n) is 2.65. The maximum Gasteiger partial charge on any atom is 0.219 e. The zero-order valence-corrected chi connectivity index (χ0v) is 7.72. The number of carbonyl (C=O) groups is 1. The molecule has 1 fully saturated rings. The Labute approximate surface area is 72.7 Å². The Morgan fingerprint density at radius 1 is 1.67 bits per heavy atom. The molecule has 1 heterocycles. The lowest BCUT2D eigenvalue weighted by Gasteiger charge is -2.33. The molecule has 0 aliphatic carbocycles. The fourth-order valence-electron chi connectivity index (χ4n) is 1.70. The van der Waals surface area contributed by atoms with Crippen LogP contribution in [0.5, 0.6) is 0 Å². The third-order valence-corrected chi connectivity index (χ3v) is 2.65. The first-order valence-corrected chi connectivity index (χ1v) is 4.54. The van der Waals surface area contributed by atoms with E-state index in [4.69, 9.17) is 0 Å². The van der Waals surface area contributed by atoms with Gasteiger partial charge in [0.15, 0.2) is 0 Å². The lowest BCUT2D eigenvalue weighted by atomic mass is 9.93. The Kier molecular flexibility index (Phi) is 3.06. The van der Waals surface area contributed by atoms with E-state index in [1.807, 2.05) is 6.92 Å². The molecule has 70 valence electrons. The van der Waals surface area contributed by atoms with Gasteiger partial charge in [0.25, 0.3) is 0 Å². The van der Waals surface area contributed by atoms with Crippen LogP contribution in [-0.4, -0.2) is 30.1 Å². The highest BCUT2D eigenvalue weighted by Crippen LogP contribution is 2.23. The molecule has 0 aromatic rings. The molecule has 0 radical (unpaired) electrons. The minimum atomic E-state index is -0.812. The quantitative estimate of drug-likeness (QED) is 0.590. The second kappa shape index (κ2) is 3.87. The van der Waals surface area contributed by atoms with Gasteiger partial charge in [-0.15, -0.1) is 0 Å². The van der Waals surface area contributed by atoms with E-state index in [0.717, 1.165) is 19.4 Å². The van der Waals surface area contributed by atoms with E-state index in [1.54, 1.807) is 4.90 Å². The standard InChI is InChI=1S/C9H16FNO/c1-3-8-4-5-11(7(2)12)6-9(8)10/h8-9H,3-6H2,1-2H3. The Morgan fingerprint density at radius 3 is 2.75 bits per heavy atom. The van der Waals surface area contributed by atoms with Crippen LogP contribution in [-0.2, 0) is 4.79 Å². The van der Waals surface area contributed by atoms with E-state index in [0.29, 0.717) is 6.54 Å². The maximum atomic E-state index is 13.3. The molecule has 1 aliphatic heterocycles. The number of likely N-dealkylation sites (tertiary alicyclic amines) is 1.